The van der Waals surface area contributed by atoms with Gasteiger partial charge in [0.25, 0.3) is 0 Å². The highest BCUT2D eigenvalue weighted by atomic mass is 15.3. The highest BCUT2D eigenvalue weighted by Gasteiger charge is 2.44. The summed E-state index contributed by atoms with van der Waals surface area (Å²) in [6.45, 7) is 5.99. The topological polar surface area (TPSA) is 25.5 Å². The molecule has 3 aliphatic rings. The average molecular weight is 387 g/mol. The molecule has 29 heavy (non-hydrogen) atoms. The van der Waals surface area contributed by atoms with Crippen molar-refractivity contribution in [3.63, 3.8) is 0 Å². The van der Waals surface area contributed by atoms with Gasteiger partial charge < -0.3 is 19.7 Å². The second-order valence-corrected chi connectivity index (χ2v) is 9.06. The number of aryl methyl sites for hydroxylation is 1. The van der Waals surface area contributed by atoms with Gasteiger partial charge >= 0.3 is 0 Å². The molecule has 0 aliphatic carbocycles. The molecule has 0 saturated carbocycles. The molecule has 0 unspecified atom stereocenters. The van der Waals surface area contributed by atoms with Crippen LogP contribution in [0.1, 0.15) is 29.9 Å². The zero-order chi connectivity index (χ0) is 19.4. The lowest BCUT2D eigenvalue weighted by molar-refractivity contribution is 0.191. The molecule has 4 heterocycles. The van der Waals surface area contributed by atoms with E-state index < -0.39 is 0 Å². The molecule has 0 spiro atoms. The highest BCUT2D eigenvalue weighted by Crippen LogP contribution is 2.50. The molecule has 1 N–H and O–H groups in total. The lowest BCUT2D eigenvalue weighted by Gasteiger charge is -2.41. The van der Waals surface area contributed by atoms with Crippen molar-refractivity contribution in [1.82, 2.24) is 9.88 Å². The molecular weight excluding hydrogens is 356 g/mol. The van der Waals surface area contributed by atoms with Crippen molar-refractivity contribution in [1.29, 1.82) is 0 Å². The third-order valence-corrected chi connectivity index (χ3v) is 7.47. The van der Waals surface area contributed by atoms with Crippen LogP contribution in [0.25, 0.3) is 10.9 Å². The van der Waals surface area contributed by atoms with E-state index in [9.17, 15) is 0 Å². The quantitative estimate of drug-likeness (QED) is 0.727. The minimum Gasteiger partial charge on any atom is -0.371 e. The Hall–Kier alpha value is -2.46. The first-order chi connectivity index (χ1) is 14.3. The van der Waals surface area contributed by atoms with Gasteiger partial charge in [-0.25, -0.2) is 0 Å². The molecule has 1 aromatic heterocycles. The molecule has 4 heteroatoms. The number of likely N-dealkylation sites (N-methyl/N-ethyl adjacent to an activating group) is 1. The van der Waals surface area contributed by atoms with Crippen molar-refractivity contribution in [3.05, 3.63) is 59.8 Å². The van der Waals surface area contributed by atoms with Gasteiger partial charge in [0.1, 0.15) is 0 Å². The maximum absolute atomic E-state index is 3.42. The minimum atomic E-state index is 0.678. The summed E-state index contributed by atoms with van der Waals surface area (Å²) in [6.07, 6.45) is 5.74. The van der Waals surface area contributed by atoms with Crippen LogP contribution in [0.2, 0.25) is 0 Å². The Bertz CT molecular complexity index is 1040. The molecule has 2 atom stereocenters. The van der Waals surface area contributed by atoms with Crippen molar-refractivity contribution in [2.24, 2.45) is 0 Å². The number of nitrogens with zero attached hydrogens (tertiary/aromatic N) is 3. The van der Waals surface area contributed by atoms with E-state index in [0.717, 1.165) is 13.0 Å². The van der Waals surface area contributed by atoms with Gasteiger partial charge in [-0.15, -0.1) is 0 Å². The third-order valence-electron chi connectivity index (χ3n) is 7.47. The standard InChI is InChI=1S/C25H30N4/c1-27-15-16-29-22-11-14-28(17-21(22)20-8-3-9-23(27)25(20)29)13-4-7-18-5-2-6-19-10-12-26-24(18)19/h2-3,5-6,8-10,12,21-22,26H,4,7,11,13-17H2,1H3/t21-,22-/m0/s1. The molecular formula is C25H30N4. The van der Waals surface area contributed by atoms with Crippen LogP contribution in [-0.2, 0) is 6.42 Å². The Morgan fingerprint density at radius 2 is 1.97 bits per heavy atom. The van der Waals surface area contributed by atoms with Crippen LogP contribution in [0.5, 0.6) is 0 Å². The molecule has 0 amide bonds. The number of likely N-dealkylation sites (tertiary alicyclic amines) is 1. The van der Waals surface area contributed by atoms with Gasteiger partial charge in [-0.2, -0.15) is 0 Å². The number of rotatable bonds is 4. The lowest BCUT2D eigenvalue weighted by Crippen LogP contribution is -2.49. The summed E-state index contributed by atoms with van der Waals surface area (Å²) in [5, 5.41) is 1.33. The first-order valence-electron chi connectivity index (χ1n) is 11.2. The largest absolute Gasteiger partial charge is 0.371 e. The van der Waals surface area contributed by atoms with E-state index >= 15 is 0 Å². The fourth-order valence-corrected chi connectivity index (χ4v) is 6.03. The van der Waals surface area contributed by atoms with E-state index in [1.54, 1.807) is 5.56 Å². The molecule has 1 saturated heterocycles. The van der Waals surface area contributed by atoms with E-state index in [-0.39, 0.29) is 0 Å². The number of para-hydroxylation sites is 2. The third kappa shape index (κ3) is 2.77. The lowest BCUT2D eigenvalue weighted by atomic mass is 9.89. The predicted molar refractivity (Wildman–Crippen MR) is 121 cm³/mol. The van der Waals surface area contributed by atoms with Crippen LogP contribution in [0.4, 0.5) is 11.4 Å². The summed E-state index contributed by atoms with van der Waals surface area (Å²) >= 11 is 0. The van der Waals surface area contributed by atoms with Crippen LogP contribution < -0.4 is 9.80 Å². The number of benzene rings is 2. The maximum Gasteiger partial charge on any atom is 0.0644 e. The number of fused-ring (bicyclic) bond motifs is 4. The summed E-state index contributed by atoms with van der Waals surface area (Å²) in [5.74, 6) is 0.678. The Labute approximate surface area is 173 Å². The van der Waals surface area contributed by atoms with E-state index in [2.05, 4.69) is 75.4 Å². The number of anilines is 2. The fourth-order valence-electron chi connectivity index (χ4n) is 6.03. The number of hydrogen-bond donors (Lipinski definition) is 1. The minimum absolute atomic E-state index is 0.678. The van der Waals surface area contributed by atoms with Gasteiger partial charge in [-0.3, -0.25) is 0 Å². The second-order valence-electron chi connectivity index (χ2n) is 9.06. The molecule has 4 nitrogen and oxygen atoms in total. The fraction of sp³-hybridized carbons (Fsp3) is 0.440. The molecule has 1 fully saturated rings. The van der Waals surface area contributed by atoms with E-state index in [1.807, 2.05) is 0 Å². The van der Waals surface area contributed by atoms with E-state index in [4.69, 9.17) is 0 Å². The number of hydrogen-bond acceptors (Lipinski definition) is 3. The summed E-state index contributed by atoms with van der Waals surface area (Å²) in [6, 6.07) is 16.5. The van der Waals surface area contributed by atoms with Crippen molar-refractivity contribution in [2.75, 3.05) is 49.6 Å². The number of piperidine rings is 1. The molecule has 3 aromatic rings. The van der Waals surface area contributed by atoms with Gasteiger partial charge in [-0.05, 0) is 54.5 Å². The smallest absolute Gasteiger partial charge is 0.0644 e. The van der Waals surface area contributed by atoms with Crippen molar-refractivity contribution in [3.8, 4) is 0 Å². The molecule has 6 rings (SSSR count). The average Bonchev–Trinajstić information content (AvgIpc) is 3.35. The molecule has 0 radical (unpaired) electrons. The summed E-state index contributed by atoms with van der Waals surface area (Å²) in [5.41, 5.74) is 7.35. The number of aromatic nitrogens is 1. The molecule has 150 valence electrons. The van der Waals surface area contributed by atoms with E-state index in [0.29, 0.717) is 12.0 Å². The summed E-state index contributed by atoms with van der Waals surface area (Å²) in [7, 11) is 2.24. The Morgan fingerprint density at radius 3 is 2.93 bits per heavy atom. The van der Waals surface area contributed by atoms with Crippen LogP contribution >= 0.6 is 0 Å². The van der Waals surface area contributed by atoms with Gasteiger partial charge in [0.2, 0.25) is 0 Å². The maximum atomic E-state index is 3.42. The van der Waals surface area contributed by atoms with Gasteiger partial charge in [0, 0.05) is 56.9 Å². The second kappa shape index (κ2) is 6.81. The number of H-pyrrole nitrogens is 1. The summed E-state index contributed by atoms with van der Waals surface area (Å²) in [4.78, 5) is 11.3. The Kier molecular flexibility index (Phi) is 4.08. The highest BCUT2D eigenvalue weighted by molar-refractivity contribution is 5.82. The zero-order valence-electron chi connectivity index (χ0n) is 17.3. The SMILES string of the molecule is CN1CCN2c3c(cccc31)[C@@H]1CN(CCCc3cccc4cc[nH]c34)CC[C@@H]12. The molecule has 2 aromatic carbocycles. The number of nitrogens with one attached hydrogen (secondary N) is 1. The monoisotopic (exact) mass is 386 g/mol. The summed E-state index contributed by atoms with van der Waals surface area (Å²) < 4.78 is 0. The van der Waals surface area contributed by atoms with Crippen molar-refractivity contribution >= 4 is 22.3 Å². The van der Waals surface area contributed by atoms with Crippen molar-refractivity contribution < 1.29 is 0 Å². The molecule has 0 bridgehead atoms. The Morgan fingerprint density at radius 1 is 1.03 bits per heavy atom. The van der Waals surface area contributed by atoms with Crippen molar-refractivity contribution in [2.45, 2.75) is 31.2 Å². The van der Waals surface area contributed by atoms with Gasteiger partial charge in [0.15, 0.2) is 0 Å². The van der Waals surface area contributed by atoms with Gasteiger partial charge in [0.05, 0.1) is 11.4 Å². The number of aromatic amines is 1. The van der Waals surface area contributed by atoms with E-state index in [1.165, 1.54) is 66.9 Å². The van der Waals surface area contributed by atoms with Gasteiger partial charge in [-0.1, -0.05) is 30.3 Å². The zero-order valence-corrected chi connectivity index (χ0v) is 17.3. The predicted octanol–water partition coefficient (Wildman–Crippen LogP) is 4.23. The molecule has 3 aliphatic heterocycles. The Balaban J connectivity index is 1.16. The van der Waals surface area contributed by atoms with Crippen LogP contribution in [0, 0.1) is 0 Å². The first-order valence-corrected chi connectivity index (χ1v) is 11.2. The first kappa shape index (κ1) is 17.4. The van der Waals surface area contributed by atoms with Crippen LogP contribution in [-0.4, -0.2) is 55.7 Å². The van der Waals surface area contributed by atoms with Crippen LogP contribution in [0.15, 0.2) is 48.7 Å². The van der Waals surface area contributed by atoms with Crippen LogP contribution in [0.3, 0.4) is 0 Å². The normalized spacial score (nSPS) is 23.5.